The number of aromatic nitrogens is 2. The standard InChI is InChI=1S/C29H34ClN3O5S/c1-28(2,3)38-25(35)16-23(32-39(37)29(4,5)6)21-15-24(34)33(7)17-22(21)20-9-8-14-31-26(20)27(36)18-10-12-19(30)13-11-18/h8-15,17,23,32H,16H2,1-7H3/t23-,39?/m0/s1. The number of nitrogens with one attached hydrogen (secondary N) is 1. The van der Waals surface area contributed by atoms with E-state index in [0.717, 1.165) is 0 Å². The minimum Gasteiger partial charge on any atom is -0.598 e. The van der Waals surface area contributed by atoms with Crippen LogP contribution in [0.5, 0.6) is 0 Å². The second kappa shape index (κ2) is 12.0. The number of pyridine rings is 2. The Morgan fingerprint density at radius 2 is 1.74 bits per heavy atom. The monoisotopic (exact) mass is 571 g/mol. The fourth-order valence-electron chi connectivity index (χ4n) is 3.77. The molecule has 3 aromatic rings. The zero-order valence-corrected chi connectivity index (χ0v) is 24.8. The van der Waals surface area contributed by atoms with E-state index in [4.69, 9.17) is 16.3 Å². The molecular weight excluding hydrogens is 538 g/mol. The molecule has 0 saturated heterocycles. The normalized spacial score (nSPS) is 13.6. The first-order chi connectivity index (χ1) is 18.1. The zero-order chi connectivity index (χ0) is 29.1. The summed E-state index contributed by atoms with van der Waals surface area (Å²) >= 11 is 4.41. The van der Waals surface area contributed by atoms with Crippen molar-refractivity contribution < 1.29 is 18.9 Å². The van der Waals surface area contributed by atoms with Crippen molar-refractivity contribution in [2.75, 3.05) is 0 Å². The third-order valence-electron chi connectivity index (χ3n) is 5.65. The molecule has 1 aromatic carbocycles. The van der Waals surface area contributed by atoms with Crippen molar-refractivity contribution in [3.05, 3.63) is 87.1 Å². The molecule has 1 N–H and O–H groups in total. The van der Waals surface area contributed by atoms with Gasteiger partial charge in [0.2, 0.25) is 5.78 Å². The summed E-state index contributed by atoms with van der Waals surface area (Å²) in [4.78, 5) is 43.7. The first-order valence-electron chi connectivity index (χ1n) is 12.4. The van der Waals surface area contributed by atoms with Crippen molar-refractivity contribution in [2.24, 2.45) is 7.05 Å². The number of esters is 1. The van der Waals surface area contributed by atoms with Gasteiger partial charge in [-0.1, -0.05) is 17.7 Å². The summed E-state index contributed by atoms with van der Waals surface area (Å²) in [5.41, 5.74) is 0.841. The molecule has 0 saturated carbocycles. The molecule has 2 heterocycles. The molecule has 0 spiro atoms. The summed E-state index contributed by atoms with van der Waals surface area (Å²) in [6.07, 6.45) is 2.91. The van der Waals surface area contributed by atoms with E-state index in [1.54, 1.807) is 91.2 Å². The van der Waals surface area contributed by atoms with E-state index in [1.165, 1.54) is 16.8 Å². The highest BCUT2D eigenvalue weighted by Crippen LogP contribution is 2.33. The molecule has 0 aliphatic heterocycles. The Morgan fingerprint density at radius 3 is 2.33 bits per heavy atom. The van der Waals surface area contributed by atoms with Crippen LogP contribution in [0.2, 0.25) is 5.02 Å². The largest absolute Gasteiger partial charge is 0.598 e. The van der Waals surface area contributed by atoms with Gasteiger partial charge in [0.05, 0.1) is 12.5 Å². The molecule has 3 rings (SSSR count). The van der Waals surface area contributed by atoms with Crippen LogP contribution >= 0.6 is 11.6 Å². The van der Waals surface area contributed by atoms with Crippen LogP contribution in [0, 0.1) is 0 Å². The maximum atomic E-state index is 13.5. The maximum Gasteiger partial charge on any atom is 0.308 e. The topological polar surface area (TPSA) is 113 Å². The number of ketones is 1. The lowest BCUT2D eigenvalue weighted by Gasteiger charge is -2.29. The molecule has 2 aromatic heterocycles. The van der Waals surface area contributed by atoms with Gasteiger partial charge in [0.15, 0.2) is 0 Å². The van der Waals surface area contributed by atoms with Gasteiger partial charge >= 0.3 is 5.97 Å². The molecule has 39 heavy (non-hydrogen) atoms. The molecular formula is C29H34ClN3O5S. The molecule has 1 unspecified atom stereocenters. The van der Waals surface area contributed by atoms with Crippen molar-refractivity contribution in [1.29, 1.82) is 0 Å². The number of benzene rings is 1. The van der Waals surface area contributed by atoms with Gasteiger partial charge in [-0.25, -0.2) is 0 Å². The summed E-state index contributed by atoms with van der Waals surface area (Å²) in [6, 6.07) is 10.4. The second-order valence-corrected chi connectivity index (χ2v) is 13.6. The Balaban J connectivity index is 2.19. The number of hydrogen-bond donors (Lipinski definition) is 1. The average Bonchev–Trinajstić information content (AvgIpc) is 2.83. The minimum atomic E-state index is -1.59. The van der Waals surface area contributed by atoms with Crippen LogP contribution in [0.25, 0.3) is 11.1 Å². The fourth-order valence-corrected chi connectivity index (χ4v) is 4.72. The molecule has 0 bridgehead atoms. The summed E-state index contributed by atoms with van der Waals surface area (Å²) in [7, 11) is 1.59. The summed E-state index contributed by atoms with van der Waals surface area (Å²) in [5.74, 6) is -0.863. The van der Waals surface area contributed by atoms with Crippen molar-refractivity contribution in [3.8, 4) is 11.1 Å². The molecule has 2 atom stereocenters. The smallest absolute Gasteiger partial charge is 0.308 e. The van der Waals surface area contributed by atoms with Crippen molar-refractivity contribution in [3.63, 3.8) is 0 Å². The third kappa shape index (κ3) is 8.02. The molecule has 0 aliphatic rings. The fraction of sp³-hybridized carbons (Fsp3) is 0.379. The van der Waals surface area contributed by atoms with Gasteiger partial charge in [0.25, 0.3) is 5.56 Å². The third-order valence-corrected chi connectivity index (χ3v) is 7.51. The van der Waals surface area contributed by atoms with E-state index in [2.05, 4.69) is 9.71 Å². The molecule has 8 nitrogen and oxygen atoms in total. The van der Waals surface area contributed by atoms with Crippen molar-refractivity contribution in [2.45, 2.75) is 64.4 Å². The highest BCUT2D eigenvalue weighted by molar-refractivity contribution is 7.90. The summed E-state index contributed by atoms with van der Waals surface area (Å²) < 4.78 is 22.5. The Labute approximate surface area is 237 Å². The van der Waals surface area contributed by atoms with Gasteiger partial charge in [-0.15, -0.1) is 4.72 Å². The average molecular weight is 572 g/mol. The first-order valence-corrected chi connectivity index (χ1v) is 14.0. The number of carbonyl (C=O) groups excluding carboxylic acids is 2. The van der Waals surface area contributed by atoms with Gasteiger partial charge in [0.1, 0.15) is 16.0 Å². The van der Waals surface area contributed by atoms with E-state index in [1.807, 2.05) is 0 Å². The minimum absolute atomic E-state index is 0.160. The lowest BCUT2D eigenvalue weighted by molar-refractivity contribution is -0.155. The molecule has 0 fully saturated rings. The van der Waals surface area contributed by atoms with Gasteiger partial charge in [-0.3, -0.25) is 19.4 Å². The van der Waals surface area contributed by atoms with E-state index < -0.39 is 33.7 Å². The Morgan fingerprint density at radius 1 is 1.10 bits per heavy atom. The van der Waals surface area contributed by atoms with Gasteiger partial charge in [0, 0.05) is 58.6 Å². The van der Waals surface area contributed by atoms with Crippen LogP contribution in [-0.2, 0) is 27.9 Å². The summed E-state index contributed by atoms with van der Waals surface area (Å²) in [6.45, 7) is 10.7. The number of hydrogen-bond acceptors (Lipinski definition) is 7. The Bertz CT molecular complexity index is 1410. The highest BCUT2D eigenvalue weighted by Gasteiger charge is 2.34. The van der Waals surface area contributed by atoms with Crippen LogP contribution in [-0.4, -0.2) is 36.2 Å². The van der Waals surface area contributed by atoms with E-state index in [9.17, 15) is 18.9 Å². The van der Waals surface area contributed by atoms with Crippen LogP contribution in [0.4, 0.5) is 0 Å². The predicted octanol–water partition coefficient (Wildman–Crippen LogP) is 5.16. The summed E-state index contributed by atoms with van der Waals surface area (Å²) in [5, 5.41) is 0.496. The molecule has 208 valence electrons. The lowest BCUT2D eigenvalue weighted by Crippen LogP contribution is -2.42. The van der Waals surface area contributed by atoms with Crippen molar-refractivity contribution >= 4 is 34.7 Å². The number of rotatable bonds is 8. The number of aryl methyl sites for hydroxylation is 1. The predicted molar refractivity (Wildman–Crippen MR) is 154 cm³/mol. The number of ether oxygens (including phenoxy) is 1. The van der Waals surface area contributed by atoms with Crippen LogP contribution < -0.4 is 10.3 Å². The van der Waals surface area contributed by atoms with Crippen LogP contribution in [0.15, 0.2) is 59.7 Å². The molecule has 10 heteroatoms. The van der Waals surface area contributed by atoms with Crippen LogP contribution in [0.1, 0.15) is 75.6 Å². The lowest BCUT2D eigenvalue weighted by atomic mass is 9.92. The first kappa shape index (κ1) is 30.6. The Kier molecular flexibility index (Phi) is 9.43. The quantitative estimate of drug-likeness (QED) is 0.226. The van der Waals surface area contributed by atoms with Crippen LogP contribution in [0.3, 0.4) is 0 Å². The van der Waals surface area contributed by atoms with E-state index in [0.29, 0.717) is 27.3 Å². The highest BCUT2D eigenvalue weighted by atomic mass is 35.5. The SMILES string of the molecule is Cn1cc(-c2cccnc2C(=O)c2ccc(Cl)cc2)c([C@H](CC(=O)OC(C)(C)C)N[S+]([O-])C(C)(C)C)cc1=O. The van der Waals surface area contributed by atoms with Crippen molar-refractivity contribution in [1.82, 2.24) is 14.3 Å². The van der Waals surface area contributed by atoms with E-state index >= 15 is 0 Å². The molecule has 0 aliphatic carbocycles. The van der Waals surface area contributed by atoms with Gasteiger partial charge in [-0.05, 0) is 77.4 Å². The maximum absolute atomic E-state index is 13.5. The van der Waals surface area contributed by atoms with Gasteiger partial charge < -0.3 is 13.9 Å². The molecule has 0 radical (unpaired) electrons. The number of carbonyl (C=O) groups is 2. The molecule has 0 amide bonds. The second-order valence-electron chi connectivity index (χ2n) is 11.2. The van der Waals surface area contributed by atoms with E-state index in [-0.39, 0.29) is 23.5 Å². The Hall–Kier alpha value is -2.98. The number of halogens is 1. The zero-order valence-electron chi connectivity index (χ0n) is 23.2. The van der Waals surface area contributed by atoms with Gasteiger partial charge in [-0.2, -0.15) is 0 Å². The number of nitrogens with zero attached hydrogens (tertiary/aromatic N) is 2.